The largest absolute Gasteiger partial charge is 0.385 e. The summed E-state index contributed by atoms with van der Waals surface area (Å²) in [5.74, 6) is -1.32. The van der Waals surface area contributed by atoms with Crippen molar-refractivity contribution in [3.05, 3.63) is 35.9 Å². The van der Waals surface area contributed by atoms with Crippen molar-refractivity contribution in [3.8, 4) is 0 Å². The van der Waals surface area contributed by atoms with Crippen molar-refractivity contribution in [3.63, 3.8) is 0 Å². The standard InChI is InChI=1S/C10H11NO4/c1-11(15-9(13)7-12)10(14)8-5-3-2-4-6-8/h2-6,12H,7H2,1H3. The summed E-state index contributed by atoms with van der Waals surface area (Å²) in [5.41, 5.74) is 0.408. The van der Waals surface area contributed by atoms with Crippen LogP contribution in [0.1, 0.15) is 10.4 Å². The second kappa shape index (κ2) is 5.11. The minimum absolute atomic E-state index is 0.408. The summed E-state index contributed by atoms with van der Waals surface area (Å²) in [4.78, 5) is 26.8. The van der Waals surface area contributed by atoms with Crippen molar-refractivity contribution in [1.82, 2.24) is 5.06 Å². The first kappa shape index (κ1) is 11.2. The van der Waals surface area contributed by atoms with Gasteiger partial charge < -0.3 is 9.94 Å². The Morgan fingerprint density at radius 1 is 1.33 bits per heavy atom. The highest BCUT2D eigenvalue weighted by molar-refractivity contribution is 5.94. The molecule has 1 aromatic rings. The van der Waals surface area contributed by atoms with Crippen molar-refractivity contribution >= 4 is 11.9 Å². The highest BCUT2D eigenvalue weighted by atomic mass is 16.7. The number of rotatable bonds is 2. The molecule has 0 aliphatic heterocycles. The first-order chi connectivity index (χ1) is 7.15. The van der Waals surface area contributed by atoms with E-state index >= 15 is 0 Å². The zero-order valence-corrected chi connectivity index (χ0v) is 8.21. The fourth-order valence-corrected chi connectivity index (χ4v) is 0.986. The van der Waals surface area contributed by atoms with Gasteiger partial charge in [-0.2, -0.15) is 5.06 Å². The van der Waals surface area contributed by atoms with Gasteiger partial charge in [-0.3, -0.25) is 4.79 Å². The molecule has 0 unspecified atom stereocenters. The number of carbonyl (C=O) groups excluding carboxylic acids is 2. The summed E-state index contributed by atoms with van der Waals surface area (Å²) in [6.45, 7) is -0.758. The van der Waals surface area contributed by atoms with Gasteiger partial charge in [-0.05, 0) is 12.1 Å². The van der Waals surface area contributed by atoms with Gasteiger partial charge in [0.25, 0.3) is 5.91 Å². The average molecular weight is 209 g/mol. The van der Waals surface area contributed by atoms with E-state index in [-0.39, 0.29) is 0 Å². The van der Waals surface area contributed by atoms with Crippen LogP contribution in [0.25, 0.3) is 0 Å². The fourth-order valence-electron chi connectivity index (χ4n) is 0.986. The molecule has 1 amide bonds. The summed E-state index contributed by atoms with van der Waals surface area (Å²) in [5, 5.41) is 9.21. The normalized spacial score (nSPS) is 9.47. The molecular formula is C10H11NO4. The zero-order chi connectivity index (χ0) is 11.3. The summed E-state index contributed by atoms with van der Waals surface area (Å²) in [6.07, 6.45) is 0. The predicted molar refractivity (Wildman–Crippen MR) is 51.7 cm³/mol. The van der Waals surface area contributed by atoms with Gasteiger partial charge in [0, 0.05) is 12.6 Å². The second-order valence-electron chi connectivity index (χ2n) is 2.79. The molecular weight excluding hydrogens is 198 g/mol. The van der Waals surface area contributed by atoms with Crippen LogP contribution in [0, 0.1) is 0 Å². The molecule has 0 atom stereocenters. The van der Waals surface area contributed by atoms with E-state index in [0.717, 1.165) is 5.06 Å². The molecule has 0 bridgehead atoms. The molecule has 0 spiro atoms. The third-order valence-corrected chi connectivity index (χ3v) is 1.67. The van der Waals surface area contributed by atoms with Crippen LogP contribution in [0.2, 0.25) is 0 Å². The van der Waals surface area contributed by atoms with Crippen molar-refractivity contribution in [1.29, 1.82) is 0 Å². The molecule has 1 rings (SSSR count). The van der Waals surface area contributed by atoms with Gasteiger partial charge in [0.15, 0.2) is 0 Å². The third kappa shape index (κ3) is 3.07. The second-order valence-corrected chi connectivity index (χ2v) is 2.79. The Morgan fingerprint density at radius 2 is 1.93 bits per heavy atom. The first-order valence-corrected chi connectivity index (χ1v) is 4.30. The lowest BCUT2D eigenvalue weighted by Crippen LogP contribution is -2.30. The van der Waals surface area contributed by atoms with Crippen LogP contribution in [-0.2, 0) is 9.63 Å². The lowest BCUT2D eigenvalue weighted by Gasteiger charge is -2.15. The Bertz CT molecular complexity index is 350. The molecule has 1 N–H and O–H groups in total. The highest BCUT2D eigenvalue weighted by Gasteiger charge is 2.14. The Hall–Kier alpha value is -1.88. The highest BCUT2D eigenvalue weighted by Crippen LogP contribution is 2.03. The number of nitrogens with zero attached hydrogens (tertiary/aromatic N) is 1. The molecule has 0 saturated heterocycles. The van der Waals surface area contributed by atoms with Gasteiger partial charge in [-0.1, -0.05) is 18.2 Å². The van der Waals surface area contributed by atoms with Crippen molar-refractivity contribution in [2.75, 3.05) is 13.7 Å². The Kier molecular flexibility index (Phi) is 3.82. The van der Waals surface area contributed by atoms with Crippen LogP contribution in [0.4, 0.5) is 0 Å². The molecule has 0 aliphatic rings. The van der Waals surface area contributed by atoms with Crippen LogP contribution in [0.3, 0.4) is 0 Å². The molecule has 0 fully saturated rings. The minimum atomic E-state index is -0.873. The quantitative estimate of drug-likeness (QED) is 0.707. The summed E-state index contributed by atoms with van der Waals surface area (Å²) < 4.78 is 0. The predicted octanol–water partition coefficient (Wildman–Crippen LogP) is 0.209. The Morgan fingerprint density at radius 3 is 2.47 bits per heavy atom. The third-order valence-electron chi connectivity index (χ3n) is 1.67. The Balaban J connectivity index is 2.65. The van der Waals surface area contributed by atoms with E-state index in [0.29, 0.717) is 5.56 Å². The van der Waals surface area contributed by atoms with Crippen LogP contribution in [-0.4, -0.2) is 35.7 Å². The molecule has 5 nitrogen and oxygen atoms in total. The SMILES string of the molecule is CN(OC(=O)CO)C(=O)c1ccccc1. The van der Waals surface area contributed by atoms with E-state index in [4.69, 9.17) is 5.11 Å². The van der Waals surface area contributed by atoms with E-state index in [1.165, 1.54) is 7.05 Å². The molecule has 80 valence electrons. The zero-order valence-electron chi connectivity index (χ0n) is 8.21. The maximum absolute atomic E-state index is 11.6. The topological polar surface area (TPSA) is 66.8 Å². The number of hydroxylamine groups is 2. The van der Waals surface area contributed by atoms with Crippen LogP contribution in [0.15, 0.2) is 30.3 Å². The van der Waals surface area contributed by atoms with E-state index in [9.17, 15) is 9.59 Å². The number of benzene rings is 1. The maximum Gasteiger partial charge on any atom is 0.357 e. The fraction of sp³-hybridized carbons (Fsp3) is 0.200. The molecule has 1 aromatic carbocycles. The minimum Gasteiger partial charge on any atom is -0.385 e. The maximum atomic E-state index is 11.6. The monoisotopic (exact) mass is 209 g/mol. The molecule has 0 aliphatic carbocycles. The lowest BCUT2D eigenvalue weighted by molar-refractivity contribution is -0.176. The van der Waals surface area contributed by atoms with Crippen molar-refractivity contribution in [2.45, 2.75) is 0 Å². The number of aliphatic hydroxyl groups excluding tert-OH is 1. The van der Waals surface area contributed by atoms with Crippen LogP contribution < -0.4 is 0 Å². The Labute approximate surface area is 86.8 Å². The number of aliphatic hydroxyl groups is 1. The van der Waals surface area contributed by atoms with E-state index < -0.39 is 18.5 Å². The van der Waals surface area contributed by atoms with E-state index in [1.807, 2.05) is 0 Å². The first-order valence-electron chi connectivity index (χ1n) is 4.30. The van der Waals surface area contributed by atoms with Crippen molar-refractivity contribution < 1.29 is 19.5 Å². The van der Waals surface area contributed by atoms with Gasteiger partial charge in [0.1, 0.15) is 6.61 Å². The lowest BCUT2D eigenvalue weighted by atomic mass is 10.2. The van der Waals surface area contributed by atoms with Crippen LogP contribution >= 0.6 is 0 Å². The van der Waals surface area contributed by atoms with Gasteiger partial charge >= 0.3 is 5.97 Å². The van der Waals surface area contributed by atoms with E-state index in [2.05, 4.69) is 4.84 Å². The molecule has 0 saturated carbocycles. The van der Waals surface area contributed by atoms with Gasteiger partial charge in [0.05, 0.1) is 0 Å². The molecule has 0 aromatic heterocycles. The number of hydrogen-bond donors (Lipinski definition) is 1. The van der Waals surface area contributed by atoms with Gasteiger partial charge in [-0.25, -0.2) is 4.79 Å². The number of hydrogen-bond acceptors (Lipinski definition) is 4. The van der Waals surface area contributed by atoms with E-state index in [1.54, 1.807) is 30.3 Å². The van der Waals surface area contributed by atoms with Crippen molar-refractivity contribution in [2.24, 2.45) is 0 Å². The summed E-state index contributed by atoms with van der Waals surface area (Å²) in [7, 11) is 1.31. The molecule has 5 heteroatoms. The van der Waals surface area contributed by atoms with Gasteiger partial charge in [0.2, 0.25) is 0 Å². The summed E-state index contributed by atoms with van der Waals surface area (Å²) >= 11 is 0. The number of amides is 1. The summed E-state index contributed by atoms with van der Waals surface area (Å²) in [6, 6.07) is 8.39. The average Bonchev–Trinajstić information content (AvgIpc) is 2.29. The van der Waals surface area contributed by atoms with Gasteiger partial charge in [-0.15, -0.1) is 0 Å². The number of carbonyl (C=O) groups is 2. The van der Waals surface area contributed by atoms with Crippen LogP contribution in [0.5, 0.6) is 0 Å². The smallest absolute Gasteiger partial charge is 0.357 e. The molecule has 0 heterocycles. The molecule has 15 heavy (non-hydrogen) atoms. The molecule has 0 radical (unpaired) electrons.